The molecule has 0 aliphatic carbocycles. The number of hydrogen-bond donors (Lipinski definition) is 3. The average molecular weight is 331 g/mol. The maximum Gasteiger partial charge on any atom is 0.326 e. The van der Waals surface area contributed by atoms with E-state index >= 15 is 0 Å². The summed E-state index contributed by atoms with van der Waals surface area (Å²) < 4.78 is 0. The first-order valence-electron chi connectivity index (χ1n) is 6.01. The molecule has 6 nitrogen and oxygen atoms in total. The Morgan fingerprint density at radius 3 is 2.67 bits per heavy atom. The summed E-state index contributed by atoms with van der Waals surface area (Å²) in [5, 5.41) is 11.7. The Hall–Kier alpha value is -1.73. The van der Waals surface area contributed by atoms with E-state index in [4.69, 9.17) is 22.4 Å². The Bertz CT molecular complexity index is 539. The average Bonchev–Trinajstić information content (AvgIpc) is 2.37. The van der Waals surface area contributed by atoms with Gasteiger partial charge in [-0.05, 0) is 17.7 Å². The van der Waals surface area contributed by atoms with Crippen LogP contribution in [0.4, 0.5) is 0 Å². The molecule has 8 heteroatoms. The first kappa shape index (κ1) is 17.3. The van der Waals surface area contributed by atoms with Crippen LogP contribution >= 0.6 is 23.4 Å². The number of hydrogen-bond acceptors (Lipinski definition) is 4. The van der Waals surface area contributed by atoms with Gasteiger partial charge in [0.15, 0.2) is 0 Å². The van der Waals surface area contributed by atoms with Gasteiger partial charge in [0, 0.05) is 10.8 Å². The van der Waals surface area contributed by atoms with Crippen LogP contribution < -0.4 is 11.1 Å². The Balaban J connectivity index is 2.39. The maximum absolute atomic E-state index is 11.6. The van der Waals surface area contributed by atoms with Gasteiger partial charge in [-0.25, -0.2) is 4.79 Å². The van der Waals surface area contributed by atoms with Gasteiger partial charge in [-0.3, -0.25) is 9.59 Å². The topological polar surface area (TPSA) is 109 Å². The molecule has 0 aromatic heterocycles. The summed E-state index contributed by atoms with van der Waals surface area (Å²) in [6.45, 7) is 0. The van der Waals surface area contributed by atoms with Crippen molar-refractivity contribution in [3.05, 3.63) is 34.9 Å². The molecule has 0 saturated carbocycles. The third-order valence-corrected chi connectivity index (χ3v) is 3.67. The number of nitrogens with two attached hydrogens (primary N) is 1. The quantitative estimate of drug-likeness (QED) is 0.659. The first-order valence-corrected chi connectivity index (χ1v) is 7.54. The van der Waals surface area contributed by atoms with Crippen molar-refractivity contribution in [2.45, 2.75) is 18.2 Å². The molecule has 0 saturated heterocycles. The molecule has 21 heavy (non-hydrogen) atoms. The molecule has 0 fully saturated rings. The van der Waals surface area contributed by atoms with Crippen molar-refractivity contribution in [2.75, 3.05) is 5.75 Å². The molecule has 0 aliphatic heterocycles. The van der Waals surface area contributed by atoms with Gasteiger partial charge in [-0.1, -0.05) is 23.7 Å². The van der Waals surface area contributed by atoms with E-state index < -0.39 is 30.2 Å². The van der Waals surface area contributed by atoms with Crippen LogP contribution in [0.25, 0.3) is 0 Å². The minimum Gasteiger partial charge on any atom is -0.480 e. The van der Waals surface area contributed by atoms with Crippen molar-refractivity contribution in [2.24, 2.45) is 5.73 Å². The number of carbonyl (C=O) groups is 3. The predicted molar refractivity (Wildman–Crippen MR) is 81.0 cm³/mol. The van der Waals surface area contributed by atoms with Crippen molar-refractivity contribution in [1.82, 2.24) is 5.32 Å². The van der Waals surface area contributed by atoms with Gasteiger partial charge in [-0.15, -0.1) is 11.8 Å². The van der Waals surface area contributed by atoms with E-state index in [9.17, 15) is 14.4 Å². The number of thioether (sulfide) groups is 1. The van der Waals surface area contributed by atoms with E-state index in [1.165, 1.54) is 11.8 Å². The highest BCUT2D eigenvalue weighted by Gasteiger charge is 2.21. The summed E-state index contributed by atoms with van der Waals surface area (Å²) in [7, 11) is 0. The van der Waals surface area contributed by atoms with Gasteiger partial charge >= 0.3 is 5.97 Å². The molecule has 0 spiro atoms. The van der Waals surface area contributed by atoms with Gasteiger partial charge in [0.1, 0.15) is 6.04 Å². The van der Waals surface area contributed by atoms with Crippen molar-refractivity contribution in [3.63, 3.8) is 0 Å². The third kappa shape index (κ3) is 7.01. The Labute approximate surface area is 131 Å². The Morgan fingerprint density at radius 1 is 1.38 bits per heavy atom. The molecule has 2 amide bonds. The van der Waals surface area contributed by atoms with Crippen LogP contribution in [-0.2, 0) is 20.1 Å². The van der Waals surface area contributed by atoms with Crippen molar-refractivity contribution in [3.8, 4) is 0 Å². The van der Waals surface area contributed by atoms with E-state index in [2.05, 4.69) is 5.32 Å². The largest absolute Gasteiger partial charge is 0.480 e. The maximum atomic E-state index is 11.6. The predicted octanol–water partition coefficient (Wildman–Crippen LogP) is 1.02. The van der Waals surface area contributed by atoms with Gasteiger partial charge in [0.25, 0.3) is 0 Å². The molecule has 1 aromatic carbocycles. The van der Waals surface area contributed by atoms with E-state index in [1.54, 1.807) is 12.1 Å². The second-order valence-corrected chi connectivity index (χ2v) is 5.67. The highest BCUT2D eigenvalue weighted by atomic mass is 35.5. The Kier molecular flexibility index (Phi) is 7.04. The number of halogens is 1. The minimum absolute atomic E-state index is 0.0784. The molecule has 1 atom stereocenters. The highest BCUT2D eigenvalue weighted by molar-refractivity contribution is 7.99. The zero-order valence-corrected chi connectivity index (χ0v) is 12.6. The summed E-state index contributed by atoms with van der Waals surface area (Å²) >= 11 is 7.16. The third-order valence-electron chi connectivity index (χ3n) is 2.43. The summed E-state index contributed by atoms with van der Waals surface area (Å²) in [4.78, 5) is 33.2. The molecule has 1 rings (SSSR count). The molecular formula is C13H15ClN2O4S. The van der Waals surface area contributed by atoms with Crippen molar-refractivity contribution < 1.29 is 19.5 Å². The lowest BCUT2D eigenvalue weighted by Crippen LogP contribution is -2.44. The van der Waals surface area contributed by atoms with E-state index in [1.807, 2.05) is 12.1 Å². The highest BCUT2D eigenvalue weighted by Crippen LogP contribution is 2.16. The lowest BCUT2D eigenvalue weighted by molar-refractivity contribution is -0.143. The fourth-order valence-corrected chi connectivity index (χ4v) is 2.52. The van der Waals surface area contributed by atoms with Crippen LogP contribution in [0.2, 0.25) is 5.02 Å². The number of carboxylic acids is 1. The normalized spacial score (nSPS) is 11.7. The monoisotopic (exact) mass is 330 g/mol. The van der Waals surface area contributed by atoms with Crippen LogP contribution in [0, 0.1) is 0 Å². The smallest absolute Gasteiger partial charge is 0.326 e. The molecule has 0 bridgehead atoms. The first-order chi connectivity index (χ1) is 9.88. The van der Waals surface area contributed by atoms with Gasteiger partial charge < -0.3 is 16.2 Å². The molecule has 4 N–H and O–H groups in total. The number of amides is 2. The lowest BCUT2D eigenvalue weighted by Gasteiger charge is -2.12. The SMILES string of the molecule is NC(=O)C[C@@H](NC(=O)CSCc1cccc(Cl)c1)C(=O)O. The number of nitrogens with one attached hydrogen (secondary N) is 1. The zero-order valence-electron chi connectivity index (χ0n) is 11.0. The number of rotatable bonds is 8. The molecular weight excluding hydrogens is 316 g/mol. The standard InChI is InChI=1S/C13H15ClN2O4S/c14-9-3-1-2-8(4-9)6-21-7-12(18)16-10(13(19)20)5-11(15)17/h1-4,10H,5-7H2,(H2,15,17)(H,16,18)(H,19,20)/t10-/m1/s1. The lowest BCUT2D eigenvalue weighted by atomic mass is 10.2. The van der Waals surface area contributed by atoms with E-state index in [0.29, 0.717) is 10.8 Å². The van der Waals surface area contributed by atoms with Gasteiger partial charge in [0.05, 0.1) is 12.2 Å². The van der Waals surface area contributed by atoms with Crippen molar-refractivity contribution >= 4 is 41.1 Å². The van der Waals surface area contributed by atoms with Gasteiger partial charge in [0.2, 0.25) is 11.8 Å². The van der Waals surface area contributed by atoms with E-state index in [-0.39, 0.29) is 5.75 Å². The molecule has 0 radical (unpaired) electrons. The number of aliphatic carboxylic acids is 1. The fourth-order valence-electron chi connectivity index (χ4n) is 1.53. The van der Waals surface area contributed by atoms with Gasteiger partial charge in [-0.2, -0.15) is 0 Å². The zero-order chi connectivity index (χ0) is 15.8. The number of benzene rings is 1. The van der Waals surface area contributed by atoms with E-state index in [0.717, 1.165) is 5.56 Å². The molecule has 0 aliphatic rings. The molecule has 0 heterocycles. The van der Waals surface area contributed by atoms with Crippen LogP contribution in [0.5, 0.6) is 0 Å². The van der Waals surface area contributed by atoms with Crippen molar-refractivity contribution in [1.29, 1.82) is 0 Å². The fraction of sp³-hybridized carbons (Fsp3) is 0.308. The summed E-state index contributed by atoms with van der Waals surface area (Å²) in [5.74, 6) is -1.89. The second kappa shape index (κ2) is 8.53. The van der Waals surface area contributed by atoms with Crippen LogP contribution in [0.1, 0.15) is 12.0 Å². The van der Waals surface area contributed by atoms with Crippen LogP contribution in [-0.4, -0.2) is 34.7 Å². The Morgan fingerprint density at radius 2 is 2.10 bits per heavy atom. The number of primary amides is 1. The second-order valence-electron chi connectivity index (χ2n) is 4.25. The van der Waals surface area contributed by atoms with Crippen LogP contribution in [0.15, 0.2) is 24.3 Å². The summed E-state index contributed by atoms with van der Waals surface area (Å²) in [6.07, 6.45) is -0.431. The molecule has 114 valence electrons. The summed E-state index contributed by atoms with van der Waals surface area (Å²) in [5.41, 5.74) is 5.89. The summed E-state index contributed by atoms with van der Waals surface area (Å²) in [6, 6.07) is 5.94. The number of carbonyl (C=O) groups excluding carboxylic acids is 2. The number of carboxylic acid groups (broad SMARTS) is 1. The van der Waals surface area contributed by atoms with Crippen LogP contribution in [0.3, 0.4) is 0 Å². The molecule has 1 aromatic rings. The molecule has 0 unspecified atom stereocenters. The minimum atomic E-state index is -1.29.